The van der Waals surface area contributed by atoms with Crippen molar-refractivity contribution in [3.8, 4) is 22.4 Å². The van der Waals surface area contributed by atoms with Crippen molar-refractivity contribution in [1.82, 2.24) is 5.16 Å². The lowest BCUT2D eigenvalue weighted by Gasteiger charge is -2.06. The molecule has 1 aromatic heterocycles. The van der Waals surface area contributed by atoms with E-state index in [1.165, 1.54) is 12.1 Å². The van der Waals surface area contributed by atoms with Gasteiger partial charge < -0.3 is 10.3 Å². The molecule has 0 saturated carbocycles. The van der Waals surface area contributed by atoms with Gasteiger partial charge in [0, 0.05) is 14.7 Å². The van der Waals surface area contributed by atoms with Gasteiger partial charge in [-0.2, -0.15) is 0 Å². The Bertz CT molecular complexity index is 782. The first-order chi connectivity index (χ1) is 10.1. The fourth-order valence-electron chi connectivity index (χ4n) is 2.09. The Morgan fingerprint density at radius 3 is 2.48 bits per heavy atom. The molecule has 3 aromatic rings. The molecular weight excluding hydrogens is 406 g/mol. The van der Waals surface area contributed by atoms with Crippen molar-refractivity contribution in [3.63, 3.8) is 0 Å². The number of benzene rings is 2. The summed E-state index contributed by atoms with van der Waals surface area (Å²) in [7, 11) is 0. The van der Waals surface area contributed by atoms with Crippen LogP contribution in [0.3, 0.4) is 0 Å². The summed E-state index contributed by atoms with van der Waals surface area (Å²) in [4.78, 5) is 0. The van der Waals surface area contributed by atoms with Crippen molar-refractivity contribution >= 4 is 40.1 Å². The van der Waals surface area contributed by atoms with Crippen LogP contribution in [0.5, 0.6) is 0 Å². The predicted octanol–water partition coefficient (Wildman–Crippen LogP) is 4.99. The number of halogens is 3. The van der Waals surface area contributed by atoms with Gasteiger partial charge >= 0.3 is 0 Å². The average molecular weight is 415 g/mol. The van der Waals surface area contributed by atoms with Crippen LogP contribution in [0.15, 0.2) is 47.0 Å². The van der Waals surface area contributed by atoms with Crippen LogP contribution in [-0.2, 0) is 0 Å². The minimum atomic E-state index is -0.468. The van der Waals surface area contributed by atoms with Gasteiger partial charge in [0.1, 0.15) is 11.5 Å². The van der Waals surface area contributed by atoms with Gasteiger partial charge in [-0.3, -0.25) is 0 Å². The van der Waals surface area contributed by atoms with E-state index in [9.17, 15) is 4.39 Å². The van der Waals surface area contributed by atoms with Crippen LogP contribution in [0.1, 0.15) is 0 Å². The van der Waals surface area contributed by atoms with Crippen LogP contribution >= 0.6 is 34.2 Å². The molecule has 1 heterocycles. The molecule has 0 radical (unpaired) electrons. The monoisotopic (exact) mass is 414 g/mol. The third kappa shape index (κ3) is 2.63. The molecule has 6 heteroatoms. The first-order valence-electron chi connectivity index (χ1n) is 6.03. The Morgan fingerprint density at radius 2 is 1.81 bits per heavy atom. The van der Waals surface area contributed by atoms with Gasteiger partial charge in [0.15, 0.2) is 0 Å². The standard InChI is InChI=1S/C15H9ClFIN2O/c16-10-2-1-3-11(17)12(10)13-14(20-21-15(13)19)8-4-6-9(18)7-5-8/h1-7H,19H2. The second-order valence-corrected chi connectivity index (χ2v) is 6.03. The van der Waals surface area contributed by atoms with E-state index in [0.29, 0.717) is 11.3 Å². The molecular formula is C15H9ClFIN2O. The van der Waals surface area contributed by atoms with Crippen molar-refractivity contribution in [3.05, 3.63) is 56.9 Å². The average Bonchev–Trinajstić information content (AvgIpc) is 2.82. The van der Waals surface area contributed by atoms with Gasteiger partial charge in [0.05, 0.1) is 10.6 Å². The van der Waals surface area contributed by atoms with Crippen molar-refractivity contribution in [2.45, 2.75) is 0 Å². The van der Waals surface area contributed by atoms with Gasteiger partial charge in [-0.15, -0.1) is 0 Å². The smallest absolute Gasteiger partial charge is 0.230 e. The molecule has 0 aliphatic carbocycles. The molecule has 0 saturated heterocycles. The van der Waals surface area contributed by atoms with Crippen molar-refractivity contribution in [2.24, 2.45) is 0 Å². The summed E-state index contributed by atoms with van der Waals surface area (Å²) in [5, 5.41) is 4.21. The lowest BCUT2D eigenvalue weighted by atomic mass is 10.0. The van der Waals surface area contributed by atoms with Crippen LogP contribution < -0.4 is 5.73 Å². The molecule has 3 nitrogen and oxygen atoms in total. The number of hydrogen-bond donors (Lipinski definition) is 1. The van der Waals surface area contributed by atoms with E-state index in [1.54, 1.807) is 6.07 Å². The molecule has 0 aliphatic heterocycles. The Morgan fingerprint density at radius 1 is 1.10 bits per heavy atom. The second kappa shape index (κ2) is 5.65. The molecule has 0 bridgehead atoms. The second-order valence-electron chi connectivity index (χ2n) is 4.37. The third-order valence-electron chi connectivity index (χ3n) is 3.05. The zero-order valence-corrected chi connectivity index (χ0v) is 13.5. The summed E-state index contributed by atoms with van der Waals surface area (Å²) in [5.74, 6) is -0.431. The topological polar surface area (TPSA) is 52.0 Å². The Balaban J connectivity index is 2.25. The van der Waals surface area contributed by atoms with E-state index in [0.717, 1.165) is 9.13 Å². The highest BCUT2D eigenvalue weighted by Crippen LogP contribution is 2.40. The van der Waals surface area contributed by atoms with E-state index in [1.807, 2.05) is 24.3 Å². The number of nitrogens with zero attached hydrogens (tertiary/aromatic N) is 1. The zero-order chi connectivity index (χ0) is 15.0. The lowest BCUT2D eigenvalue weighted by Crippen LogP contribution is -1.92. The van der Waals surface area contributed by atoms with Crippen LogP contribution in [0.25, 0.3) is 22.4 Å². The summed E-state index contributed by atoms with van der Waals surface area (Å²) >= 11 is 8.31. The molecule has 0 aliphatic rings. The number of nitrogens with two attached hydrogens (primary N) is 1. The summed E-state index contributed by atoms with van der Waals surface area (Å²) < 4.78 is 20.3. The van der Waals surface area contributed by atoms with Gasteiger partial charge in [-0.1, -0.05) is 35.0 Å². The molecule has 0 unspecified atom stereocenters. The SMILES string of the molecule is Nc1onc(-c2ccc(I)cc2)c1-c1c(F)cccc1Cl. The summed E-state index contributed by atoms with van der Waals surface area (Å²) in [5.41, 5.74) is 7.65. The largest absolute Gasteiger partial charge is 0.367 e. The van der Waals surface area contributed by atoms with E-state index in [2.05, 4.69) is 27.7 Å². The molecule has 0 atom stereocenters. The third-order valence-corrected chi connectivity index (χ3v) is 4.08. The summed E-state index contributed by atoms with van der Waals surface area (Å²) in [6.45, 7) is 0. The van der Waals surface area contributed by atoms with Gasteiger partial charge in [-0.05, 0) is 46.9 Å². The van der Waals surface area contributed by atoms with E-state index < -0.39 is 5.82 Å². The zero-order valence-electron chi connectivity index (χ0n) is 10.6. The van der Waals surface area contributed by atoms with Crippen LogP contribution in [0.4, 0.5) is 10.3 Å². The molecule has 2 aromatic carbocycles. The number of rotatable bonds is 2. The Kier molecular flexibility index (Phi) is 3.86. The molecule has 0 fully saturated rings. The highest BCUT2D eigenvalue weighted by atomic mass is 127. The minimum absolute atomic E-state index is 0.0375. The van der Waals surface area contributed by atoms with E-state index in [4.69, 9.17) is 21.9 Å². The highest BCUT2D eigenvalue weighted by molar-refractivity contribution is 14.1. The van der Waals surface area contributed by atoms with E-state index in [-0.39, 0.29) is 16.5 Å². The Labute approximate surface area is 139 Å². The number of hydrogen-bond acceptors (Lipinski definition) is 3. The van der Waals surface area contributed by atoms with Crippen molar-refractivity contribution in [1.29, 1.82) is 0 Å². The van der Waals surface area contributed by atoms with Gasteiger partial charge in [-0.25, -0.2) is 4.39 Å². The lowest BCUT2D eigenvalue weighted by molar-refractivity contribution is 0.439. The highest BCUT2D eigenvalue weighted by Gasteiger charge is 2.22. The summed E-state index contributed by atoms with van der Waals surface area (Å²) in [6.07, 6.45) is 0. The first kappa shape index (κ1) is 14.3. The number of aromatic nitrogens is 1. The quantitative estimate of drug-likeness (QED) is 0.601. The van der Waals surface area contributed by atoms with Crippen molar-refractivity contribution in [2.75, 3.05) is 5.73 Å². The fourth-order valence-corrected chi connectivity index (χ4v) is 2.70. The fraction of sp³-hybridized carbons (Fsp3) is 0. The number of anilines is 1. The molecule has 3 rings (SSSR count). The maximum atomic E-state index is 14.1. The normalized spacial score (nSPS) is 10.8. The molecule has 0 amide bonds. The van der Waals surface area contributed by atoms with Gasteiger partial charge in [0.25, 0.3) is 0 Å². The molecule has 106 valence electrons. The maximum absolute atomic E-state index is 14.1. The number of nitrogen functional groups attached to an aromatic ring is 1. The maximum Gasteiger partial charge on any atom is 0.230 e. The van der Waals surface area contributed by atoms with Crippen LogP contribution in [0.2, 0.25) is 5.02 Å². The van der Waals surface area contributed by atoms with E-state index >= 15 is 0 Å². The molecule has 2 N–H and O–H groups in total. The first-order valence-corrected chi connectivity index (χ1v) is 7.49. The van der Waals surface area contributed by atoms with Crippen LogP contribution in [-0.4, -0.2) is 5.16 Å². The molecule has 21 heavy (non-hydrogen) atoms. The minimum Gasteiger partial charge on any atom is -0.367 e. The van der Waals surface area contributed by atoms with Crippen LogP contribution in [0, 0.1) is 9.39 Å². The molecule has 0 spiro atoms. The van der Waals surface area contributed by atoms with Crippen molar-refractivity contribution < 1.29 is 8.91 Å². The summed E-state index contributed by atoms with van der Waals surface area (Å²) in [6, 6.07) is 12.1. The van der Waals surface area contributed by atoms with Gasteiger partial charge in [0.2, 0.25) is 5.88 Å². The predicted molar refractivity (Wildman–Crippen MR) is 89.5 cm³/mol. The Hall–Kier alpha value is -1.60.